The van der Waals surface area contributed by atoms with Crippen LogP contribution >= 0.6 is 23.5 Å². The lowest BCUT2D eigenvalue weighted by Gasteiger charge is -2.28. The highest BCUT2D eigenvalue weighted by molar-refractivity contribution is 8.16. The van der Waals surface area contributed by atoms with Crippen LogP contribution in [0.25, 0.3) is 10.4 Å². The second kappa shape index (κ2) is 11.9. The van der Waals surface area contributed by atoms with E-state index in [4.69, 9.17) is 5.53 Å². The van der Waals surface area contributed by atoms with E-state index in [-0.39, 0.29) is 11.1 Å². The van der Waals surface area contributed by atoms with Crippen LogP contribution in [0, 0.1) is 0 Å². The SMILES string of the molecule is [N-]=[N+]=NC[C@@H](O)[C@@H](O)[C@@H](O)C(SCc1ccccc1)SCc1ccccc1. The molecule has 0 bridgehead atoms. The molecule has 0 aliphatic heterocycles. The first-order valence-electron chi connectivity index (χ1n) is 8.48. The first kappa shape index (κ1) is 21.6. The summed E-state index contributed by atoms with van der Waals surface area (Å²) < 4.78 is -0.360. The summed E-state index contributed by atoms with van der Waals surface area (Å²) in [6.45, 7) is -0.284. The van der Waals surface area contributed by atoms with Crippen molar-refractivity contribution in [3.63, 3.8) is 0 Å². The Balaban J connectivity index is 2.03. The van der Waals surface area contributed by atoms with Gasteiger partial charge in [0, 0.05) is 16.4 Å². The van der Waals surface area contributed by atoms with E-state index in [0.717, 1.165) is 11.1 Å². The van der Waals surface area contributed by atoms with Crippen LogP contribution in [0.3, 0.4) is 0 Å². The third-order valence-electron chi connectivity index (χ3n) is 3.87. The summed E-state index contributed by atoms with van der Waals surface area (Å²) in [6, 6.07) is 19.7. The molecule has 0 aliphatic carbocycles. The Bertz CT molecular complexity index is 671. The zero-order chi connectivity index (χ0) is 19.5. The van der Waals surface area contributed by atoms with Gasteiger partial charge in [-0.3, -0.25) is 0 Å². The average molecular weight is 406 g/mol. The lowest BCUT2D eigenvalue weighted by Crippen LogP contribution is -2.43. The molecule has 3 atom stereocenters. The molecule has 6 nitrogen and oxygen atoms in total. The van der Waals surface area contributed by atoms with Crippen LogP contribution in [-0.4, -0.2) is 44.8 Å². The fourth-order valence-corrected chi connectivity index (χ4v) is 4.98. The van der Waals surface area contributed by atoms with Crippen LogP contribution < -0.4 is 0 Å². The summed E-state index contributed by atoms with van der Waals surface area (Å²) in [4.78, 5) is 2.58. The normalized spacial score (nSPS) is 14.4. The van der Waals surface area contributed by atoms with Crippen LogP contribution in [0.15, 0.2) is 65.8 Å². The summed E-state index contributed by atoms with van der Waals surface area (Å²) in [5, 5.41) is 34.1. The van der Waals surface area contributed by atoms with Gasteiger partial charge in [0.15, 0.2) is 0 Å². The molecule has 0 amide bonds. The van der Waals surface area contributed by atoms with E-state index in [2.05, 4.69) is 10.0 Å². The number of azide groups is 1. The number of rotatable bonds is 11. The second-order valence-corrected chi connectivity index (χ2v) is 8.48. The maximum Gasteiger partial charge on any atom is 0.108 e. The molecule has 0 spiro atoms. The standard InChI is InChI=1S/C19H23N3O3S2/c20-22-21-11-16(23)17(24)18(25)19(26-12-14-7-3-1-4-8-14)27-13-15-9-5-2-6-10-15/h1-10,16-19,23-25H,11-13H2/t16-,17-,18-/m1/s1. The molecule has 27 heavy (non-hydrogen) atoms. The van der Waals surface area contributed by atoms with E-state index in [1.54, 1.807) is 0 Å². The molecule has 2 aromatic rings. The number of hydrogen-bond acceptors (Lipinski definition) is 6. The molecule has 8 heteroatoms. The van der Waals surface area contributed by atoms with E-state index in [1.807, 2.05) is 60.7 Å². The Morgan fingerprint density at radius 1 is 0.815 bits per heavy atom. The lowest BCUT2D eigenvalue weighted by atomic mass is 10.1. The topological polar surface area (TPSA) is 109 Å². The second-order valence-electron chi connectivity index (χ2n) is 5.92. The number of aliphatic hydroxyl groups excluding tert-OH is 3. The molecule has 3 N–H and O–H groups in total. The van der Waals surface area contributed by atoms with E-state index < -0.39 is 18.3 Å². The third-order valence-corrected chi connectivity index (χ3v) is 6.90. The van der Waals surface area contributed by atoms with Crippen LogP contribution in [0.1, 0.15) is 11.1 Å². The maximum absolute atomic E-state index is 10.6. The number of nitrogens with zero attached hydrogens (tertiary/aromatic N) is 3. The zero-order valence-corrected chi connectivity index (χ0v) is 16.3. The summed E-state index contributed by atoms with van der Waals surface area (Å²) in [6.07, 6.45) is -3.88. The van der Waals surface area contributed by atoms with E-state index >= 15 is 0 Å². The molecular formula is C19H23N3O3S2. The molecule has 2 rings (SSSR count). The molecule has 144 valence electrons. The van der Waals surface area contributed by atoms with Crippen molar-refractivity contribution >= 4 is 23.5 Å². The van der Waals surface area contributed by atoms with Crippen molar-refractivity contribution in [1.82, 2.24) is 0 Å². The molecule has 0 radical (unpaired) electrons. The molecule has 0 aromatic heterocycles. The first-order chi connectivity index (χ1) is 13.1. The van der Waals surface area contributed by atoms with Crippen LogP contribution in [0.5, 0.6) is 0 Å². The summed E-state index contributed by atoms with van der Waals surface area (Å²) >= 11 is 3.02. The number of thioether (sulfide) groups is 2. The Kier molecular flexibility index (Phi) is 9.55. The van der Waals surface area contributed by atoms with E-state index in [0.29, 0.717) is 11.5 Å². The summed E-state index contributed by atoms with van der Waals surface area (Å²) in [5.74, 6) is 1.34. The van der Waals surface area contributed by atoms with Crippen molar-refractivity contribution < 1.29 is 15.3 Å². The fraction of sp³-hybridized carbons (Fsp3) is 0.368. The van der Waals surface area contributed by atoms with Gasteiger partial charge in [-0.25, -0.2) is 0 Å². The van der Waals surface area contributed by atoms with Gasteiger partial charge in [0.1, 0.15) is 12.2 Å². The van der Waals surface area contributed by atoms with Crippen molar-refractivity contribution in [2.24, 2.45) is 5.11 Å². The number of hydrogen-bond donors (Lipinski definition) is 3. The zero-order valence-electron chi connectivity index (χ0n) is 14.7. The van der Waals surface area contributed by atoms with Crippen molar-refractivity contribution in [2.45, 2.75) is 34.4 Å². The molecule has 0 fully saturated rings. The van der Waals surface area contributed by atoms with Crippen molar-refractivity contribution in [3.8, 4) is 0 Å². The van der Waals surface area contributed by atoms with Gasteiger partial charge < -0.3 is 15.3 Å². The van der Waals surface area contributed by atoms with Gasteiger partial charge in [-0.2, -0.15) is 0 Å². The van der Waals surface area contributed by atoms with Gasteiger partial charge in [0.2, 0.25) is 0 Å². The fourth-order valence-electron chi connectivity index (χ4n) is 2.37. The monoisotopic (exact) mass is 405 g/mol. The number of aliphatic hydroxyl groups is 3. The Hall–Kier alpha value is -1.67. The molecular weight excluding hydrogens is 382 g/mol. The summed E-state index contributed by atoms with van der Waals surface area (Å²) in [5.41, 5.74) is 10.6. The van der Waals surface area contributed by atoms with Gasteiger partial charge >= 0.3 is 0 Å². The Morgan fingerprint density at radius 2 is 1.30 bits per heavy atom. The van der Waals surface area contributed by atoms with E-state index in [1.165, 1.54) is 23.5 Å². The molecule has 0 heterocycles. The molecule has 2 aromatic carbocycles. The van der Waals surface area contributed by atoms with Crippen molar-refractivity contribution in [3.05, 3.63) is 82.2 Å². The predicted octanol–water partition coefficient (Wildman–Crippen LogP) is 3.57. The average Bonchev–Trinajstić information content (AvgIpc) is 2.72. The lowest BCUT2D eigenvalue weighted by molar-refractivity contribution is -0.0483. The largest absolute Gasteiger partial charge is 0.390 e. The van der Waals surface area contributed by atoms with Crippen molar-refractivity contribution in [2.75, 3.05) is 6.54 Å². The van der Waals surface area contributed by atoms with Gasteiger partial charge in [-0.15, -0.1) is 23.5 Å². The molecule has 0 saturated heterocycles. The highest BCUT2D eigenvalue weighted by atomic mass is 32.2. The van der Waals surface area contributed by atoms with Crippen LogP contribution in [-0.2, 0) is 11.5 Å². The minimum absolute atomic E-state index is 0.284. The minimum atomic E-state index is -1.40. The highest BCUT2D eigenvalue weighted by Crippen LogP contribution is 2.33. The van der Waals surface area contributed by atoms with Crippen molar-refractivity contribution in [1.29, 1.82) is 0 Å². The van der Waals surface area contributed by atoms with Gasteiger partial charge in [0.05, 0.1) is 17.2 Å². The highest BCUT2D eigenvalue weighted by Gasteiger charge is 2.31. The number of benzene rings is 2. The minimum Gasteiger partial charge on any atom is -0.390 e. The Labute approximate surface area is 167 Å². The van der Waals surface area contributed by atoms with E-state index in [9.17, 15) is 15.3 Å². The predicted molar refractivity (Wildman–Crippen MR) is 111 cm³/mol. The molecule has 0 unspecified atom stereocenters. The molecule has 0 aliphatic rings. The smallest absolute Gasteiger partial charge is 0.108 e. The third kappa shape index (κ3) is 7.46. The van der Waals surface area contributed by atoms with Crippen LogP contribution in [0.2, 0.25) is 0 Å². The summed E-state index contributed by atoms with van der Waals surface area (Å²) in [7, 11) is 0. The molecule has 0 saturated carbocycles. The van der Waals surface area contributed by atoms with Crippen LogP contribution in [0.4, 0.5) is 0 Å². The maximum atomic E-state index is 10.6. The van der Waals surface area contributed by atoms with Gasteiger partial charge in [-0.1, -0.05) is 65.8 Å². The van der Waals surface area contributed by atoms with Gasteiger partial charge in [0.25, 0.3) is 0 Å². The Morgan fingerprint density at radius 3 is 1.74 bits per heavy atom. The van der Waals surface area contributed by atoms with Gasteiger partial charge in [-0.05, 0) is 16.7 Å². The quantitative estimate of drug-likeness (QED) is 0.229. The first-order valence-corrected chi connectivity index (χ1v) is 10.6.